The fourth-order valence-electron chi connectivity index (χ4n) is 0.229. The second-order valence-corrected chi connectivity index (χ2v) is 5.01. The van der Waals surface area contributed by atoms with Crippen LogP contribution in [0, 0.1) is 0 Å². The van der Waals surface area contributed by atoms with E-state index in [0.29, 0.717) is 0 Å². The summed E-state index contributed by atoms with van der Waals surface area (Å²) < 4.78 is 43.9. The summed E-state index contributed by atoms with van der Waals surface area (Å²) in [6, 6.07) is 0. The molecule has 0 rings (SSSR count). The molecule has 9 heteroatoms. The first kappa shape index (κ1) is 9.78. The third-order valence-electron chi connectivity index (χ3n) is 0.455. The van der Waals surface area contributed by atoms with Gasteiger partial charge in [0.2, 0.25) is 10.0 Å². The van der Waals surface area contributed by atoms with Gasteiger partial charge in [0.15, 0.2) is 5.08 Å². The van der Waals surface area contributed by atoms with E-state index in [-0.39, 0.29) is 0 Å². The van der Waals surface area contributed by atoms with Crippen molar-refractivity contribution < 1.29 is 21.1 Å². The zero-order valence-electron chi connectivity index (χ0n) is 4.72. The number of rotatable bonds is 3. The van der Waals surface area contributed by atoms with Crippen molar-refractivity contribution in [3.63, 3.8) is 0 Å². The normalized spacial score (nSPS) is 13.4. The van der Waals surface area contributed by atoms with E-state index in [4.69, 9.17) is 0 Å². The van der Waals surface area contributed by atoms with Crippen LogP contribution in [-0.4, -0.2) is 21.9 Å². The molecule has 62 valence electrons. The van der Waals surface area contributed by atoms with E-state index in [9.17, 15) is 16.8 Å². The number of hydrogen-bond acceptors (Lipinski definition) is 6. The summed E-state index contributed by atoms with van der Waals surface area (Å²) in [5.74, 6) is 4.21. The maximum atomic E-state index is 10.2. The summed E-state index contributed by atoms with van der Waals surface area (Å²) in [5, 5.41) is 3.05. The fourth-order valence-corrected chi connectivity index (χ4v) is 2.06. The minimum absolute atomic E-state index is 1.31. The molecule has 0 atom stereocenters. The first-order chi connectivity index (χ1) is 4.27. The molecule has 0 aliphatic carbocycles. The third-order valence-corrected chi connectivity index (χ3v) is 3.22. The molecule has 10 heavy (non-hydrogen) atoms. The van der Waals surface area contributed by atoms with Gasteiger partial charge in [-0.3, -0.25) is 0 Å². The molecule has 7 nitrogen and oxygen atoms in total. The van der Waals surface area contributed by atoms with E-state index in [1.807, 2.05) is 0 Å². The number of sulfonamides is 1. The lowest BCUT2D eigenvalue weighted by Crippen LogP contribution is -2.26. The Balaban J connectivity index is 4.49. The lowest BCUT2D eigenvalue weighted by Gasteiger charge is -1.95. The van der Waals surface area contributed by atoms with Gasteiger partial charge in [-0.15, -0.1) is 0 Å². The SMILES string of the molecule is NOS(=O)(=O)CS(N)(=O)=O. The van der Waals surface area contributed by atoms with Crippen LogP contribution in [0.1, 0.15) is 0 Å². The van der Waals surface area contributed by atoms with Crippen LogP contribution in [0.2, 0.25) is 0 Å². The van der Waals surface area contributed by atoms with Gasteiger partial charge in [-0.25, -0.2) is 13.6 Å². The molecule has 0 unspecified atom stereocenters. The third kappa shape index (κ3) is 4.64. The second kappa shape index (κ2) is 2.80. The Labute approximate surface area is 58.1 Å². The summed E-state index contributed by atoms with van der Waals surface area (Å²) in [5.41, 5.74) is 0. The van der Waals surface area contributed by atoms with E-state index in [2.05, 4.69) is 15.3 Å². The van der Waals surface area contributed by atoms with Crippen LogP contribution in [0.15, 0.2) is 0 Å². The first-order valence-electron chi connectivity index (χ1n) is 1.88. The van der Waals surface area contributed by atoms with E-state index < -0.39 is 25.2 Å². The van der Waals surface area contributed by atoms with Crippen LogP contribution in [0.25, 0.3) is 0 Å². The number of primary sulfonamides is 1. The van der Waals surface area contributed by atoms with Crippen molar-refractivity contribution in [2.45, 2.75) is 0 Å². The molecule has 0 aromatic heterocycles. The number of nitrogens with two attached hydrogens (primary N) is 2. The molecule has 4 N–H and O–H groups in total. The lowest BCUT2D eigenvalue weighted by molar-refractivity contribution is 0.335. The van der Waals surface area contributed by atoms with Crippen molar-refractivity contribution in [2.24, 2.45) is 11.0 Å². The Kier molecular flexibility index (Phi) is 2.74. The van der Waals surface area contributed by atoms with Gasteiger partial charge < -0.3 is 0 Å². The molecule has 0 fully saturated rings. The van der Waals surface area contributed by atoms with Gasteiger partial charge in [-0.05, 0) is 0 Å². The van der Waals surface area contributed by atoms with E-state index in [1.54, 1.807) is 0 Å². The van der Waals surface area contributed by atoms with Crippen molar-refractivity contribution in [3.8, 4) is 0 Å². The Morgan fingerprint density at radius 2 is 1.60 bits per heavy atom. The Morgan fingerprint density at radius 3 is 1.70 bits per heavy atom. The van der Waals surface area contributed by atoms with Crippen LogP contribution in [0.5, 0.6) is 0 Å². The summed E-state index contributed by atoms with van der Waals surface area (Å²) in [6.07, 6.45) is 0. The zero-order chi connectivity index (χ0) is 8.41. The Morgan fingerprint density at radius 1 is 1.20 bits per heavy atom. The highest BCUT2D eigenvalue weighted by molar-refractivity contribution is 8.04. The van der Waals surface area contributed by atoms with Gasteiger partial charge in [-0.2, -0.15) is 18.6 Å². The molecule has 0 amide bonds. The maximum absolute atomic E-state index is 10.2. The molecule has 0 bridgehead atoms. The molecule has 0 radical (unpaired) electrons. The molecule has 0 spiro atoms. The van der Waals surface area contributed by atoms with E-state index >= 15 is 0 Å². The van der Waals surface area contributed by atoms with Crippen molar-refractivity contribution in [3.05, 3.63) is 0 Å². The van der Waals surface area contributed by atoms with Gasteiger partial charge in [0.05, 0.1) is 0 Å². The second-order valence-electron chi connectivity index (χ2n) is 1.43. The first-order valence-corrected chi connectivity index (χ1v) is 5.17. The zero-order valence-corrected chi connectivity index (χ0v) is 6.35. The highest BCUT2D eigenvalue weighted by Crippen LogP contribution is 1.90. The van der Waals surface area contributed by atoms with Gasteiger partial charge in [0.1, 0.15) is 0 Å². The summed E-state index contributed by atoms with van der Waals surface area (Å²) in [4.78, 5) is 0. The molecule has 0 aromatic carbocycles. The summed E-state index contributed by atoms with van der Waals surface area (Å²) in [6.45, 7) is 0. The van der Waals surface area contributed by atoms with Crippen molar-refractivity contribution in [1.82, 2.24) is 0 Å². The lowest BCUT2D eigenvalue weighted by atomic mass is 11.9. The highest BCUT2D eigenvalue weighted by Gasteiger charge is 2.17. The number of hydrogen-bond donors (Lipinski definition) is 2. The Hall–Kier alpha value is -0.220. The van der Waals surface area contributed by atoms with Crippen LogP contribution >= 0.6 is 0 Å². The van der Waals surface area contributed by atoms with Gasteiger partial charge in [0.25, 0.3) is 10.1 Å². The summed E-state index contributed by atoms with van der Waals surface area (Å²) in [7, 11) is -8.30. The minimum Gasteiger partial charge on any atom is -0.228 e. The molecular formula is CH6N2O5S2. The van der Waals surface area contributed by atoms with Gasteiger partial charge in [-0.1, -0.05) is 0 Å². The molecule has 0 heterocycles. The van der Waals surface area contributed by atoms with Crippen LogP contribution in [0.3, 0.4) is 0 Å². The molecule has 0 aliphatic heterocycles. The molecular weight excluding hydrogens is 184 g/mol. The predicted molar refractivity (Wildman–Crippen MR) is 32.2 cm³/mol. The molecule has 0 saturated carbocycles. The van der Waals surface area contributed by atoms with Gasteiger partial charge >= 0.3 is 0 Å². The fraction of sp³-hybridized carbons (Fsp3) is 1.00. The highest BCUT2D eigenvalue weighted by atomic mass is 32.3. The monoisotopic (exact) mass is 190 g/mol. The van der Waals surface area contributed by atoms with Crippen LogP contribution in [-0.2, 0) is 24.4 Å². The maximum Gasteiger partial charge on any atom is 0.298 e. The quantitative estimate of drug-likeness (QED) is 0.471. The Bertz CT molecular complexity index is 286. The topological polar surface area (TPSA) is 130 Å². The van der Waals surface area contributed by atoms with Crippen LogP contribution < -0.4 is 11.0 Å². The minimum atomic E-state index is -4.21. The molecule has 0 aromatic rings. The molecule has 0 aliphatic rings. The average molecular weight is 190 g/mol. The predicted octanol–water partition coefficient (Wildman–Crippen LogP) is -2.55. The van der Waals surface area contributed by atoms with Crippen molar-refractivity contribution in [1.29, 1.82) is 0 Å². The van der Waals surface area contributed by atoms with Crippen molar-refractivity contribution in [2.75, 3.05) is 5.08 Å². The molecule has 0 saturated heterocycles. The summed E-state index contributed by atoms with van der Waals surface area (Å²) >= 11 is 0. The van der Waals surface area contributed by atoms with E-state index in [1.165, 1.54) is 0 Å². The smallest absolute Gasteiger partial charge is 0.228 e. The standard InChI is InChI=1S/CH6N2O5S2/c2-8-10(6,7)1-9(3,4)5/h1-2H2,(H2,3,4,5). The average Bonchev–Trinajstić information content (AvgIpc) is 1.60. The largest absolute Gasteiger partial charge is 0.298 e. The van der Waals surface area contributed by atoms with Crippen molar-refractivity contribution >= 4 is 20.1 Å². The van der Waals surface area contributed by atoms with Gasteiger partial charge in [0, 0.05) is 0 Å². The van der Waals surface area contributed by atoms with Crippen LogP contribution in [0.4, 0.5) is 0 Å². The van der Waals surface area contributed by atoms with E-state index in [0.717, 1.165) is 0 Å².